The van der Waals surface area contributed by atoms with Crippen molar-refractivity contribution in [2.45, 2.75) is 32.4 Å². The van der Waals surface area contributed by atoms with E-state index < -0.39 is 0 Å². The van der Waals surface area contributed by atoms with Crippen molar-refractivity contribution in [2.75, 3.05) is 31.6 Å². The molecule has 0 radical (unpaired) electrons. The average molecular weight is 334 g/mol. The van der Waals surface area contributed by atoms with Gasteiger partial charge in [-0.3, -0.25) is 4.90 Å². The molecule has 7 nitrogen and oxygen atoms in total. The maximum absolute atomic E-state index is 11.9. The highest BCUT2D eigenvalue weighted by molar-refractivity contribution is 5.93. The Hall–Kier alpha value is -2.28. The summed E-state index contributed by atoms with van der Waals surface area (Å²) in [6.07, 6.45) is 0.815. The molecule has 3 N–H and O–H groups in total. The van der Waals surface area contributed by atoms with Crippen LogP contribution in [0.2, 0.25) is 0 Å². The standard InChI is InChI=1S/C17H26N4O3/c1-4-17(2,24-3)12-20-15(22)19-11-13-5-7-14(8-6-13)21-10-9-18-16(21)23/h5-8H,4,9-12H2,1-3H3,(H,18,23)(H2,19,20,22). The third-order valence-electron chi connectivity index (χ3n) is 4.42. The van der Waals surface area contributed by atoms with E-state index in [-0.39, 0.29) is 17.7 Å². The maximum Gasteiger partial charge on any atom is 0.321 e. The molecule has 1 heterocycles. The molecule has 1 fully saturated rings. The summed E-state index contributed by atoms with van der Waals surface area (Å²) in [5.74, 6) is 0. The Balaban J connectivity index is 1.80. The Morgan fingerprint density at radius 1 is 1.33 bits per heavy atom. The van der Waals surface area contributed by atoms with E-state index in [2.05, 4.69) is 16.0 Å². The summed E-state index contributed by atoms with van der Waals surface area (Å²) in [5.41, 5.74) is 1.48. The number of nitrogens with one attached hydrogen (secondary N) is 3. The maximum atomic E-state index is 11.9. The molecule has 0 aromatic heterocycles. The molecule has 1 saturated heterocycles. The van der Waals surface area contributed by atoms with Gasteiger partial charge in [-0.05, 0) is 31.0 Å². The van der Waals surface area contributed by atoms with Crippen LogP contribution in [0.4, 0.5) is 15.3 Å². The highest BCUT2D eigenvalue weighted by atomic mass is 16.5. The fourth-order valence-electron chi connectivity index (χ4n) is 2.37. The number of ether oxygens (including phenoxy) is 1. The minimum Gasteiger partial charge on any atom is -0.377 e. The Kier molecular flexibility index (Phi) is 6.03. The second kappa shape index (κ2) is 8.01. The number of benzene rings is 1. The van der Waals surface area contributed by atoms with Gasteiger partial charge in [0.2, 0.25) is 0 Å². The number of carbonyl (C=O) groups excluding carboxylic acids is 2. The Morgan fingerprint density at radius 2 is 2.04 bits per heavy atom. The quantitative estimate of drug-likeness (QED) is 0.711. The highest BCUT2D eigenvalue weighted by Crippen LogP contribution is 2.17. The van der Waals surface area contributed by atoms with Crippen LogP contribution in [0.1, 0.15) is 25.8 Å². The molecule has 0 bridgehead atoms. The topological polar surface area (TPSA) is 82.7 Å². The molecule has 0 aliphatic carbocycles. The zero-order chi connectivity index (χ0) is 17.6. The number of amides is 4. The molecule has 0 saturated carbocycles. The molecule has 0 spiro atoms. The van der Waals surface area contributed by atoms with E-state index in [9.17, 15) is 9.59 Å². The van der Waals surface area contributed by atoms with Gasteiger partial charge in [-0.25, -0.2) is 9.59 Å². The number of nitrogens with zero attached hydrogens (tertiary/aromatic N) is 1. The number of urea groups is 2. The predicted molar refractivity (Wildman–Crippen MR) is 93.1 cm³/mol. The summed E-state index contributed by atoms with van der Waals surface area (Å²) in [5, 5.41) is 8.41. The zero-order valence-electron chi connectivity index (χ0n) is 14.5. The smallest absolute Gasteiger partial charge is 0.321 e. The molecule has 7 heteroatoms. The van der Waals surface area contributed by atoms with Crippen LogP contribution >= 0.6 is 0 Å². The van der Waals surface area contributed by atoms with Crippen LogP contribution in [0.5, 0.6) is 0 Å². The van der Waals surface area contributed by atoms with Gasteiger partial charge in [0.1, 0.15) is 0 Å². The van der Waals surface area contributed by atoms with Crippen LogP contribution in [0.3, 0.4) is 0 Å². The summed E-state index contributed by atoms with van der Waals surface area (Å²) >= 11 is 0. The van der Waals surface area contributed by atoms with Gasteiger partial charge >= 0.3 is 12.1 Å². The largest absolute Gasteiger partial charge is 0.377 e. The van der Waals surface area contributed by atoms with Gasteiger partial charge in [0.05, 0.1) is 5.60 Å². The molecule has 1 aromatic rings. The number of carbonyl (C=O) groups is 2. The van der Waals surface area contributed by atoms with Crippen LogP contribution in [0.15, 0.2) is 24.3 Å². The molecule has 4 amide bonds. The summed E-state index contributed by atoms with van der Waals surface area (Å²) < 4.78 is 5.39. The van der Waals surface area contributed by atoms with Crippen molar-refractivity contribution in [1.82, 2.24) is 16.0 Å². The lowest BCUT2D eigenvalue weighted by Gasteiger charge is -2.26. The third kappa shape index (κ3) is 4.61. The predicted octanol–water partition coefficient (Wildman–Crippen LogP) is 1.83. The van der Waals surface area contributed by atoms with Crippen molar-refractivity contribution in [3.8, 4) is 0 Å². The van der Waals surface area contributed by atoms with Gasteiger partial charge < -0.3 is 20.7 Å². The van der Waals surface area contributed by atoms with Gasteiger partial charge in [-0.15, -0.1) is 0 Å². The van der Waals surface area contributed by atoms with E-state index in [1.165, 1.54) is 0 Å². The lowest BCUT2D eigenvalue weighted by Crippen LogP contribution is -2.45. The van der Waals surface area contributed by atoms with Crippen molar-refractivity contribution in [2.24, 2.45) is 0 Å². The molecular formula is C17H26N4O3. The van der Waals surface area contributed by atoms with E-state index in [0.717, 1.165) is 17.7 Å². The first-order valence-electron chi connectivity index (χ1n) is 8.18. The molecular weight excluding hydrogens is 308 g/mol. The van der Waals surface area contributed by atoms with Crippen LogP contribution in [0.25, 0.3) is 0 Å². The van der Waals surface area contributed by atoms with Crippen LogP contribution in [0, 0.1) is 0 Å². The number of rotatable bonds is 7. The second-order valence-corrected chi connectivity index (χ2v) is 6.09. The minimum atomic E-state index is -0.352. The molecule has 1 unspecified atom stereocenters. The molecule has 132 valence electrons. The van der Waals surface area contributed by atoms with E-state index in [4.69, 9.17) is 4.74 Å². The van der Waals surface area contributed by atoms with E-state index in [0.29, 0.717) is 26.2 Å². The lowest BCUT2D eigenvalue weighted by atomic mass is 10.0. The lowest BCUT2D eigenvalue weighted by molar-refractivity contribution is 0.00581. The fourth-order valence-corrected chi connectivity index (χ4v) is 2.37. The van der Waals surface area contributed by atoms with Gasteiger partial charge in [-0.1, -0.05) is 19.1 Å². The first kappa shape index (κ1) is 18.1. The van der Waals surface area contributed by atoms with Crippen LogP contribution < -0.4 is 20.9 Å². The van der Waals surface area contributed by atoms with Crippen molar-refractivity contribution in [1.29, 1.82) is 0 Å². The van der Waals surface area contributed by atoms with E-state index in [1.54, 1.807) is 12.0 Å². The Bertz CT molecular complexity index is 570. The molecule has 24 heavy (non-hydrogen) atoms. The number of anilines is 1. The number of hydrogen-bond donors (Lipinski definition) is 3. The molecule has 2 rings (SSSR count). The van der Waals surface area contributed by atoms with Crippen molar-refractivity contribution in [3.63, 3.8) is 0 Å². The summed E-state index contributed by atoms with van der Waals surface area (Å²) in [6, 6.07) is 7.30. The normalized spacial score (nSPS) is 16.5. The zero-order valence-corrected chi connectivity index (χ0v) is 14.5. The van der Waals surface area contributed by atoms with Crippen molar-refractivity contribution < 1.29 is 14.3 Å². The fraction of sp³-hybridized carbons (Fsp3) is 0.529. The van der Waals surface area contributed by atoms with Crippen molar-refractivity contribution in [3.05, 3.63) is 29.8 Å². The molecule has 1 atom stereocenters. The Morgan fingerprint density at radius 3 is 2.58 bits per heavy atom. The number of hydrogen-bond acceptors (Lipinski definition) is 3. The van der Waals surface area contributed by atoms with Crippen LogP contribution in [-0.4, -0.2) is 44.4 Å². The number of methoxy groups -OCH3 is 1. The highest BCUT2D eigenvalue weighted by Gasteiger charge is 2.22. The first-order chi connectivity index (χ1) is 11.5. The summed E-state index contributed by atoms with van der Waals surface area (Å²) in [6.45, 7) is 6.20. The van der Waals surface area contributed by atoms with Gasteiger partial charge in [0, 0.05) is 39.0 Å². The molecule has 1 aromatic carbocycles. The van der Waals surface area contributed by atoms with Gasteiger partial charge in [-0.2, -0.15) is 0 Å². The second-order valence-electron chi connectivity index (χ2n) is 6.09. The average Bonchev–Trinajstić information content (AvgIpc) is 3.04. The van der Waals surface area contributed by atoms with Crippen LogP contribution in [-0.2, 0) is 11.3 Å². The molecule has 1 aliphatic heterocycles. The third-order valence-corrected chi connectivity index (χ3v) is 4.42. The summed E-state index contributed by atoms with van der Waals surface area (Å²) in [7, 11) is 1.64. The van der Waals surface area contributed by atoms with Gasteiger partial charge in [0.25, 0.3) is 0 Å². The first-order valence-corrected chi connectivity index (χ1v) is 8.18. The molecule has 1 aliphatic rings. The van der Waals surface area contributed by atoms with E-state index in [1.807, 2.05) is 38.1 Å². The van der Waals surface area contributed by atoms with Crippen molar-refractivity contribution >= 4 is 17.7 Å². The summed E-state index contributed by atoms with van der Waals surface area (Å²) in [4.78, 5) is 25.2. The monoisotopic (exact) mass is 334 g/mol. The van der Waals surface area contributed by atoms with Gasteiger partial charge in [0.15, 0.2) is 0 Å². The minimum absolute atomic E-state index is 0.0719. The SMILES string of the molecule is CCC(C)(CNC(=O)NCc1ccc(N2CCNC2=O)cc1)OC. The van der Waals surface area contributed by atoms with E-state index >= 15 is 0 Å². The Labute approximate surface area is 142 Å².